The van der Waals surface area contributed by atoms with Crippen LogP contribution >= 0.6 is 0 Å². The predicted octanol–water partition coefficient (Wildman–Crippen LogP) is 15.2. The highest BCUT2D eigenvalue weighted by Crippen LogP contribution is 2.17. The number of hydrogen-bond acceptors (Lipinski definition) is 3. The third kappa shape index (κ3) is 41.9. The minimum atomic E-state index is -0.831. The smallest absolute Gasteiger partial charge is 0.220 e. The van der Waals surface area contributed by atoms with E-state index in [2.05, 4.69) is 31.3 Å². The number of nitrogens with one attached hydrogen (secondary N) is 1. The average Bonchev–Trinajstić information content (AvgIpc) is 3.16. The summed E-state index contributed by atoms with van der Waals surface area (Å²) in [6.45, 7) is 4.18. The van der Waals surface area contributed by atoms with Crippen molar-refractivity contribution in [3.05, 3.63) is 24.3 Å². The first-order valence-corrected chi connectivity index (χ1v) is 24.1. The number of aliphatic hydroxyl groups excluding tert-OH is 2. The number of aliphatic hydroxyl groups is 2. The first kappa shape index (κ1) is 51.9. The molecule has 0 aliphatic rings. The Morgan fingerprint density at radius 1 is 0.434 bits per heavy atom. The van der Waals surface area contributed by atoms with Crippen molar-refractivity contribution >= 4 is 5.91 Å². The van der Waals surface area contributed by atoms with Crippen molar-refractivity contribution in [1.29, 1.82) is 0 Å². The molecule has 4 nitrogen and oxygen atoms in total. The monoisotopic (exact) mass is 746 g/mol. The Kier molecular flexibility index (Phi) is 44.3. The first-order chi connectivity index (χ1) is 26.2. The van der Waals surface area contributed by atoms with Gasteiger partial charge in [0.1, 0.15) is 0 Å². The maximum absolute atomic E-state index is 12.2. The van der Waals surface area contributed by atoms with Crippen LogP contribution in [0.2, 0.25) is 0 Å². The van der Waals surface area contributed by atoms with Crippen LogP contribution in [-0.2, 0) is 4.79 Å². The summed E-state index contributed by atoms with van der Waals surface area (Å²) in [4.78, 5) is 12.2. The molecular formula is C49H95NO3. The van der Waals surface area contributed by atoms with Crippen LogP contribution in [0.1, 0.15) is 264 Å². The number of unbranched alkanes of at least 4 members (excludes halogenated alkanes) is 35. The van der Waals surface area contributed by atoms with E-state index in [4.69, 9.17) is 0 Å². The van der Waals surface area contributed by atoms with E-state index in [1.54, 1.807) is 6.08 Å². The van der Waals surface area contributed by atoms with Gasteiger partial charge in [-0.1, -0.05) is 244 Å². The van der Waals surface area contributed by atoms with Gasteiger partial charge >= 0.3 is 0 Å². The molecule has 0 aliphatic carbocycles. The van der Waals surface area contributed by atoms with Crippen molar-refractivity contribution in [3.8, 4) is 0 Å². The molecule has 0 saturated heterocycles. The highest BCUT2D eigenvalue weighted by atomic mass is 16.3. The van der Waals surface area contributed by atoms with Crippen LogP contribution in [0.3, 0.4) is 0 Å². The van der Waals surface area contributed by atoms with Crippen molar-refractivity contribution < 1.29 is 15.0 Å². The normalized spacial score (nSPS) is 13.1. The second kappa shape index (κ2) is 45.3. The largest absolute Gasteiger partial charge is 0.394 e. The van der Waals surface area contributed by atoms with Gasteiger partial charge in [0, 0.05) is 6.42 Å². The summed E-state index contributed by atoms with van der Waals surface area (Å²) in [5.41, 5.74) is 0. The topological polar surface area (TPSA) is 69.6 Å². The molecule has 4 heteroatoms. The lowest BCUT2D eigenvalue weighted by molar-refractivity contribution is -0.123. The molecule has 0 rings (SSSR count). The maximum atomic E-state index is 12.2. The molecule has 0 aromatic rings. The van der Waals surface area contributed by atoms with Gasteiger partial charge in [-0.25, -0.2) is 0 Å². The molecule has 0 bridgehead atoms. The lowest BCUT2D eigenvalue weighted by Gasteiger charge is -2.19. The predicted molar refractivity (Wildman–Crippen MR) is 235 cm³/mol. The zero-order valence-electron chi connectivity index (χ0n) is 36.1. The van der Waals surface area contributed by atoms with Gasteiger partial charge in [-0.05, 0) is 38.5 Å². The fourth-order valence-electron chi connectivity index (χ4n) is 7.46. The third-order valence-corrected chi connectivity index (χ3v) is 11.2. The molecule has 3 N–H and O–H groups in total. The number of allylic oxidation sites excluding steroid dienone is 3. The molecule has 0 aliphatic heterocycles. The van der Waals surface area contributed by atoms with Gasteiger partial charge in [0.25, 0.3) is 0 Å². The molecule has 0 aromatic heterocycles. The molecule has 0 aromatic carbocycles. The van der Waals surface area contributed by atoms with Crippen molar-refractivity contribution in [2.45, 2.75) is 276 Å². The number of carbonyl (C=O) groups is 1. The quantitative estimate of drug-likeness (QED) is 0.0430. The van der Waals surface area contributed by atoms with E-state index in [0.29, 0.717) is 6.42 Å². The fraction of sp³-hybridized carbons (Fsp3) is 0.898. The van der Waals surface area contributed by atoms with E-state index in [9.17, 15) is 15.0 Å². The standard InChI is InChI=1S/C49H95NO3/c1-3-5-7-9-10-11-12-13-14-15-16-17-18-19-20-21-22-23-24-25-26-27-28-29-30-31-32-33-34-35-36-37-38-39-40-41-43-45-49(53)50-47(46-51)48(52)44-42-8-6-4-2/h15-16,42,44,47-48,51-52H,3-14,17-41,43,45-46H2,1-2H3,(H,50,53)/b16-15-,44-42+. The van der Waals surface area contributed by atoms with Crippen molar-refractivity contribution in [1.82, 2.24) is 5.32 Å². The second-order valence-corrected chi connectivity index (χ2v) is 16.5. The molecule has 53 heavy (non-hydrogen) atoms. The van der Waals surface area contributed by atoms with E-state index < -0.39 is 12.1 Å². The Hall–Kier alpha value is -1.13. The Morgan fingerprint density at radius 2 is 0.736 bits per heavy atom. The summed E-state index contributed by atoms with van der Waals surface area (Å²) in [7, 11) is 0. The number of amides is 1. The number of hydrogen-bond donors (Lipinski definition) is 3. The molecule has 2 unspecified atom stereocenters. The van der Waals surface area contributed by atoms with Crippen LogP contribution in [0.25, 0.3) is 0 Å². The molecule has 0 saturated carbocycles. The summed E-state index contributed by atoms with van der Waals surface area (Å²) in [6.07, 6.45) is 59.6. The van der Waals surface area contributed by atoms with Gasteiger partial charge in [-0.3, -0.25) is 4.79 Å². The van der Waals surface area contributed by atoms with E-state index in [1.807, 2.05) is 6.08 Å². The molecule has 314 valence electrons. The zero-order valence-corrected chi connectivity index (χ0v) is 36.1. The van der Waals surface area contributed by atoms with Gasteiger partial charge in [-0.15, -0.1) is 0 Å². The Bertz CT molecular complexity index is 765. The third-order valence-electron chi connectivity index (χ3n) is 11.2. The number of carbonyl (C=O) groups excluding carboxylic acids is 1. The summed E-state index contributed by atoms with van der Waals surface area (Å²) in [5.74, 6) is -0.0693. The molecule has 0 spiro atoms. The van der Waals surface area contributed by atoms with E-state index in [0.717, 1.165) is 32.1 Å². The van der Waals surface area contributed by atoms with Crippen LogP contribution in [0, 0.1) is 0 Å². The first-order valence-electron chi connectivity index (χ1n) is 24.1. The fourth-order valence-corrected chi connectivity index (χ4v) is 7.46. The Morgan fingerprint density at radius 3 is 1.08 bits per heavy atom. The zero-order chi connectivity index (χ0) is 38.6. The van der Waals surface area contributed by atoms with Gasteiger partial charge < -0.3 is 15.5 Å². The molecule has 1 amide bonds. The van der Waals surface area contributed by atoms with Crippen molar-refractivity contribution in [2.75, 3.05) is 6.61 Å². The van der Waals surface area contributed by atoms with Gasteiger partial charge in [0.15, 0.2) is 0 Å². The molecule has 2 atom stereocenters. The van der Waals surface area contributed by atoms with Gasteiger partial charge in [0.2, 0.25) is 5.91 Å². The second-order valence-electron chi connectivity index (χ2n) is 16.5. The number of rotatable bonds is 44. The van der Waals surface area contributed by atoms with Crippen molar-refractivity contribution in [3.63, 3.8) is 0 Å². The summed E-state index contributed by atoms with van der Waals surface area (Å²) in [6, 6.07) is -0.614. The van der Waals surface area contributed by atoms with Crippen molar-refractivity contribution in [2.24, 2.45) is 0 Å². The van der Waals surface area contributed by atoms with Crippen LogP contribution in [0.15, 0.2) is 24.3 Å². The molecule has 0 radical (unpaired) electrons. The van der Waals surface area contributed by atoms with E-state index in [1.165, 1.54) is 212 Å². The van der Waals surface area contributed by atoms with Gasteiger partial charge in [-0.2, -0.15) is 0 Å². The maximum Gasteiger partial charge on any atom is 0.220 e. The minimum Gasteiger partial charge on any atom is -0.394 e. The van der Waals surface area contributed by atoms with Crippen LogP contribution in [-0.4, -0.2) is 34.9 Å². The average molecular weight is 746 g/mol. The minimum absolute atomic E-state index is 0.0693. The summed E-state index contributed by atoms with van der Waals surface area (Å²) < 4.78 is 0. The lowest BCUT2D eigenvalue weighted by Crippen LogP contribution is -2.45. The van der Waals surface area contributed by atoms with E-state index in [-0.39, 0.29) is 12.5 Å². The highest BCUT2D eigenvalue weighted by Gasteiger charge is 2.17. The van der Waals surface area contributed by atoms with E-state index >= 15 is 0 Å². The summed E-state index contributed by atoms with van der Waals surface area (Å²) in [5, 5.41) is 22.5. The highest BCUT2D eigenvalue weighted by molar-refractivity contribution is 5.76. The lowest BCUT2D eigenvalue weighted by atomic mass is 10.0. The van der Waals surface area contributed by atoms with Crippen LogP contribution < -0.4 is 5.32 Å². The summed E-state index contributed by atoms with van der Waals surface area (Å²) >= 11 is 0. The molecule has 0 fully saturated rings. The van der Waals surface area contributed by atoms with Gasteiger partial charge in [0.05, 0.1) is 18.8 Å². The SMILES string of the molecule is CCCC/C=C/C(O)C(CO)NC(=O)CCCCCCCCCCCCCCCCCCCCCCCCCCC/C=C\CCCCCCCCCC. The molecule has 0 heterocycles. The van der Waals surface area contributed by atoms with Crippen LogP contribution in [0.5, 0.6) is 0 Å². The molecular weight excluding hydrogens is 651 g/mol. The Labute approximate surface area is 332 Å². The Balaban J connectivity index is 3.27. The van der Waals surface area contributed by atoms with Crippen LogP contribution in [0.4, 0.5) is 0 Å².